The number of likely N-dealkylation sites (tertiary alicyclic amines) is 1. The molecule has 2 aromatic rings. The normalized spacial score (nSPS) is 25.7. The Balaban J connectivity index is 1.01. The van der Waals surface area contributed by atoms with E-state index in [2.05, 4.69) is 5.32 Å². The van der Waals surface area contributed by atoms with Crippen molar-refractivity contribution in [1.82, 2.24) is 10.2 Å². The Hall–Kier alpha value is -2.60. The molecular weight excluding hydrogens is 515 g/mol. The summed E-state index contributed by atoms with van der Waals surface area (Å²) in [5, 5.41) is 3.53. The smallest absolute Gasteiger partial charge is 0.253 e. The van der Waals surface area contributed by atoms with Crippen LogP contribution >= 0.6 is 11.6 Å². The van der Waals surface area contributed by atoms with Gasteiger partial charge in [-0.05, 0) is 105 Å². The van der Waals surface area contributed by atoms with Gasteiger partial charge >= 0.3 is 0 Å². The predicted octanol–water partition coefficient (Wildman–Crippen LogP) is 6.26. The first kappa shape index (κ1) is 26.6. The molecule has 1 saturated heterocycles. The lowest BCUT2D eigenvalue weighted by Crippen LogP contribution is -2.46. The molecule has 4 aliphatic rings. The zero-order chi connectivity index (χ0) is 27.2. The molecule has 2 aromatic carbocycles. The third-order valence-electron chi connectivity index (χ3n) is 9.71. The van der Waals surface area contributed by atoms with Crippen LogP contribution in [0.1, 0.15) is 79.3 Å². The number of rotatable bonds is 10. The Labute approximate surface area is 235 Å². The molecule has 3 saturated carbocycles. The number of carbonyl (C=O) groups is 2. The number of piperidine rings is 1. The molecule has 0 spiro atoms. The van der Waals surface area contributed by atoms with Crippen LogP contribution in [0.2, 0.25) is 5.02 Å². The molecule has 1 N–H and O–H groups in total. The number of nitrogens with zero attached hydrogens (tertiary/aromatic N) is 1. The minimum atomic E-state index is -1.13. The zero-order valence-corrected chi connectivity index (χ0v) is 23.4. The van der Waals surface area contributed by atoms with E-state index < -0.39 is 11.6 Å². The topological polar surface area (TPSA) is 58.6 Å². The first-order valence-corrected chi connectivity index (χ1v) is 14.9. The van der Waals surface area contributed by atoms with Crippen LogP contribution in [0.15, 0.2) is 42.5 Å². The molecule has 1 heterocycles. The van der Waals surface area contributed by atoms with Crippen molar-refractivity contribution in [2.75, 3.05) is 20.2 Å². The number of amides is 2. The van der Waals surface area contributed by atoms with Crippen molar-refractivity contribution in [3.8, 4) is 5.75 Å². The monoisotopic (exact) mass is 552 g/mol. The summed E-state index contributed by atoms with van der Waals surface area (Å²) in [6.07, 6.45) is 8.96. The Morgan fingerprint density at radius 1 is 1.10 bits per heavy atom. The van der Waals surface area contributed by atoms with E-state index in [1.807, 2.05) is 47.4 Å². The van der Waals surface area contributed by atoms with E-state index >= 15 is 0 Å². The van der Waals surface area contributed by atoms with Gasteiger partial charge in [-0.15, -0.1) is 0 Å². The maximum absolute atomic E-state index is 14.7. The number of alkyl halides is 1. The average Bonchev–Trinajstić information content (AvgIpc) is 3.84. The second kappa shape index (κ2) is 10.4. The van der Waals surface area contributed by atoms with Crippen LogP contribution in [0.4, 0.5) is 4.39 Å². The summed E-state index contributed by atoms with van der Waals surface area (Å²) in [6, 6.07) is 13.5. The average molecular weight is 553 g/mol. The Kier molecular flexibility index (Phi) is 7.11. The molecule has 2 unspecified atom stereocenters. The van der Waals surface area contributed by atoms with E-state index in [0.29, 0.717) is 46.8 Å². The first-order chi connectivity index (χ1) is 18.8. The number of benzene rings is 2. The maximum atomic E-state index is 14.7. The van der Waals surface area contributed by atoms with Gasteiger partial charge in [-0.2, -0.15) is 0 Å². The second-order valence-electron chi connectivity index (χ2n) is 12.2. The van der Waals surface area contributed by atoms with Gasteiger partial charge in [0.1, 0.15) is 17.3 Å². The lowest BCUT2D eigenvalue weighted by Gasteiger charge is -2.38. The van der Waals surface area contributed by atoms with Crippen molar-refractivity contribution in [2.24, 2.45) is 11.3 Å². The zero-order valence-electron chi connectivity index (χ0n) is 22.7. The van der Waals surface area contributed by atoms with Crippen molar-refractivity contribution < 1.29 is 18.7 Å². The van der Waals surface area contributed by atoms with Crippen LogP contribution < -0.4 is 10.1 Å². The molecule has 0 bridgehead atoms. The van der Waals surface area contributed by atoms with Gasteiger partial charge in [-0.1, -0.05) is 29.8 Å². The van der Waals surface area contributed by atoms with E-state index in [9.17, 15) is 14.0 Å². The quantitative estimate of drug-likeness (QED) is 0.378. The molecule has 6 rings (SSSR count). The van der Waals surface area contributed by atoms with E-state index in [1.54, 1.807) is 7.11 Å². The van der Waals surface area contributed by atoms with Crippen LogP contribution in [0.25, 0.3) is 0 Å². The van der Waals surface area contributed by atoms with E-state index in [4.69, 9.17) is 16.3 Å². The Morgan fingerprint density at radius 2 is 1.85 bits per heavy atom. The van der Waals surface area contributed by atoms with Crippen LogP contribution in [-0.4, -0.2) is 49.1 Å². The highest BCUT2D eigenvalue weighted by molar-refractivity contribution is 6.33. The number of nitrogens with one attached hydrogen (secondary N) is 1. The molecule has 2 atom stereocenters. The van der Waals surface area contributed by atoms with Crippen molar-refractivity contribution in [1.29, 1.82) is 0 Å². The minimum Gasteiger partial charge on any atom is -0.497 e. The largest absolute Gasteiger partial charge is 0.497 e. The Bertz CT molecular complexity index is 1250. The lowest BCUT2D eigenvalue weighted by atomic mass is 9.78. The van der Waals surface area contributed by atoms with Gasteiger partial charge in [0, 0.05) is 25.6 Å². The van der Waals surface area contributed by atoms with Gasteiger partial charge in [0.05, 0.1) is 17.7 Å². The third kappa shape index (κ3) is 5.29. The molecule has 1 aliphatic heterocycles. The standard InChI is InChI=1S/C32H38ClFN2O3/c1-39-25-6-2-5-23(19-25)32(20-28(32)34)30(38)36-16-11-22(12-17-36)31(14-15-31)13-3-4-21-7-10-26(27(33)18-21)29(37)35-24-8-9-24/h2,5-7,10,18-19,22,24,28H,3-4,8-9,11-17,20H2,1H3,(H,35,37). The summed E-state index contributed by atoms with van der Waals surface area (Å²) >= 11 is 6.45. The van der Waals surface area contributed by atoms with E-state index in [1.165, 1.54) is 24.8 Å². The minimum absolute atomic E-state index is 0.0577. The van der Waals surface area contributed by atoms with Gasteiger partial charge in [0.2, 0.25) is 5.91 Å². The number of hydrogen-bond donors (Lipinski definition) is 1. The highest BCUT2D eigenvalue weighted by Crippen LogP contribution is 2.59. The molecular formula is C32H38ClFN2O3. The van der Waals surface area contributed by atoms with Crippen LogP contribution in [0.3, 0.4) is 0 Å². The summed E-state index contributed by atoms with van der Waals surface area (Å²) in [5.41, 5.74) is 1.82. The maximum Gasteiger partial charge on any atom is 0.253 e. The van der Waals surface area contributed by atoms with Crippen molar-refractivity contribution in [2.45, 2.75) is 81.8 Å². The summed E-state index contributed by atoms with van der Waals surface area (Å²) < 4.78 is 20.1. The fraction of sp³-hybridized carbons (Fsp3) is 0.562. The molecule has 0 aromatic heterocycles. The first-order valence-electron chi connectivity index (χ1n) is 14.5. The summed E-state index contributed by atoms with van der Waals surface area (Å²) in [4.78, 5) is 27.8. The molecule has 0 radical (unpaired) electrons. The van der Waals surface area contributed by atoms with Gasteiger partial charge in [-0.25, -0.2) is 4.39 Å². The summed E-state index contributed by atoms with van der Waals surface area (Å²) in [5.74, 6) is 1.14. The molecule has 4 fully saturated rings. The molecule has 208 valence electrons. The molecule has 3 aliphatic carbocycles. The number of methoxy groups -OCH3 is 1. The van der Waals surface area contributed by atoms with Gasteiger partial charge in [0.25, 0.3) is 5.91 Å². The van der Waals surface area contributed by atoms with E-state index in [-0.39, 0.29) is 18.2 Å². The fourth-order valence-corrected chi connectivity index (χ4v) is 7.09. The van der Waals surface area contributed by atoms with E-state index in [0.717, 1.165) is 44.1 Å². The third-order valence-corrected chi connectivity index (χ3v) is 10.0. The van der Waals surface area contributed by atoms with Crippen molar-refractivity contribution >= 4 is 23.4 Å². The number of ether oxygens (including phenoxy) is 1. The van der Waals surface area contributed by atoms with Crippen LogP contribution in [-0.2, 0) is 16.6 Å². The van der Waals surface area contributed by atoms with Crippen LogP contribution in [0, 0.1) is 11.3 Å². The van der Waals surface area contributed by atoms with Gasteiger partial charge < -0.3 is 15.0 Å². The summed E-state index contributed by atoms with van der Waals surface area (Å²) in [7, 11) is 1.59. The Morgan fingerprint density at radius 3 is 2.46 bits per heavy atom. The molecule has 2 amide bonds. The second-order valence-corrected chi connectivity index (χ2v) is 12.6. The van der Waals surface area contributed by atoms with Crippen LogP contribution in [0.5, 0.6) is 5.75 Å². The predicted molar refractivity (Wildman–Crippen MR) is 150 cm³/mol. The molecule has 5 nitrogen and oxygen atoms in total. The summed E-state index contributed by atoms with van der Waals surface area (Å²) in [6.45, 7) is 1.42. The van der Waals surface area contributed by atoms with Gasteiger partial charge in [0.15, 0.2) is 0 Å². The molecule has 39 heavy (non-hydrogen) atoms. The van der Waals surface area contributed by atoms with Gasteiger partial charge in [-0.3, -0.25) is 9.59 Å². The fourth-order valence-electron chi connectivity index (χ4n) is 6.80. The number of carbonyl (C=O) groups excluding carboxylic acids is 2. The molecule has 7 heteroatoms. The van der Waals surface area contributed by atoms with Crippen molar-refractivity contribution in [3.63, 3.8) is 0 Å². The number of halogens is 2. The lowest BCUT2D eigenvalue weighted by molar-refractivity contribution is -0.136. The number of aryl methyl sites for hydroxylation is 1. The highest BCUT2D eigenvalue weighted by atomic mass is 35.5. The van der Waals surface area contributed by atoms with Crippen molar-refractivity contribution in [3.05, 3.63) is 64.2 Å². The number of hydrogen-bond acceptors (Lipinski definition) is 3. The highest BCUT2D eigenvalue weighted by Gasteiger charge is 2.64. The SMILES string of the molecule is COc1cccc(C2(C(=O)N3CCC(C4(CCCc5ccc(C(=O)NC6CC6)c(Cl)c5)CC4)CC3)CC2F)c1.